The summed E-state index contributed by atoms with van der Waals surface area (Å²) in [5.41, 5.74) is 7.83. The molecule has 2 aromatic rings. The molecule has 1 heterocycles. The Morgan fingerprint density at radius 1 is 1.40 bits per heavy atom. The van der Waals surface area contributed by atoms with E-state index in [0.717, 1.165) is 25.0 Å². The maximum Gasteiger partial charge on any atom is 0.239 e. The molecule has 1 unspecified atom stereocenters. The topological polar surface area (TPSA) is 68.0 Å². The summed E-state index contributed by atoms with van der Waals surface area (Å²) in [7, 11) is 0. The predicted octanol–water partition coefficient (Wildman–Crippen LogP) is 2.31. The Morgan fingerprint density at radius 3 is 2.95 bits per heavy atom. The van der Waals surface area contributed by atoms with Gasteiger partial charge in [0.1, 0.15) is 0 Å². The van der Waals surface area contributed by atoms with Crippen LogP contribution in [0.3, 0.4) is 0 Å². The second kappa shape index (κ2) is 5.73. The van der Waals surface area contributed by atoms with Crippen molar-refractivity contribution < 1.29 is 4.79 Å². The second-order valence-corrected chi connectivity index (χ2v) is 6.08. The number of nitrogens with zero attached hydrogens (tertiary/aromatic N) is 1. The van der Waals surface area contributed by atoms with E-state index in [1.807, 2.05) is 6.07 Å². The minimum atomic E-state index is -0.185. The van der Waals surface area contributed by atoms with Crippen LogP contribution in [0.1, 0.15) is 28.5 Å². The fourth-order valence-electron chi connectivity index (χ4n) is 2.61. The Labute approximate surface area is 122 Å². The molecule has 1 aliphatic carbocycles. The van der Waals surface area contributed by atoms with Crippen molar-refractivity contribution in [2.45, 2.75) is 25.2 Å². The molecule has 1 aromatic carbocycles. The second-order valence-electron chi connectivity index (χ2n) is 4.99. The molecule has 3 N–H and O–H groups in total. The van der Waals surface area contributed by atoms with Crippen LogP contribution in [0.5, 0.6) is 0 Å². The molecule has 0 saturated heterocycles. The lowest BCUT2D eigenvalue weighted by Crippen LogP contribution is -2.21. The fraction of sp³-hybridized carbons (Fsp3) is 0.333. The first kappa shape index (κ1) is 13.3. The average Bonchev–Trinajstić information content (AvgIpc) is 2.89. The smallest absolute Gasteiger partial charge is 0.239 e. The van der Waals surface area contributed by atoms with Crippen molar-refractivity contribution >= 4 is 22.4 Å². The number of amides is 1. The molecule has 1 atom stereocenters. The van der Waals surface area contributed by atoms with Crippen LogP contribution in [0, 0.1) is 0 Å². The average molecular weight is 287 g/mol. The van der Waals surface area contributed by atoms with Crippen LogP contribution in [-0.2, 0) is 17.6 Å². The van der Waals surface area contributed by atoms with E-state index in [1.165, 1.54) is 10.4 Å². The molecule has 5 heteroatoms. The molecule has 1 aromatic heterocycles. The van der Waals surface area contributed by atoms with Gasteiger partial charge in [0.15, 0.2) is 5.13 Å². The van der Waals surface area contributed by atoms with E-state index in [0.29, 0.717) is 11.0 Å². The van der Waals surface area contributed by atoms with Crippen molar-refractivity contribution in [3.63, 3.8) is 0 Å². The molecule has 1 amide bonds. The molecule has 0 aliphatic heterocycles. The minimum absolute atomic E-state index is 0.00309. The summed E-state index contributed by atoms with van der Waals surface area (Å²) < 4.78 is 0. The van der Waals surface area contributed by atoms with Crippen molar-refractivity contribution in [2.24, 2.45) is 5.73 Å². The lowest BCUT2D eigenvalue weighted by Gasteiger charge is -2.21. The molecule has 1 aliphatic rings. The van der Waals surface area contributed by atoms with Gasteiger partial charge in [-0.25, -0.2) is 4.98 Å². The number of aryl methyl sites for hydroxylation is 1. The van der Waals surface area contributed by atoms with Crippen molar-refractivity contribution in [1.82, 2.24) is 4.98 Å². The molecular formula is C15H17N3OS. The van der Waals surface area contributed by atoms with E-state index in [2.05, 4.69) is 34.6 Å². The summed E-state index contributed by atoms with van der Waals surface area (Å²) >= 11 is 1.58. The van der Waals surface area contributed by atoms with Crippen LogP contribution in [0.15, 0.2) is 30.3 Å². The molecule has 0 spiro atoms. The maximum atomic E-state index is 11.3. The van der Waals surface area contributed by atoms with Gasteiger partial charge in [-0.2, -0.15) is 0 Å². The van der Waals surface area contributed by atoms with Gasteiger partial charge in [-0.15, -0.1) is 11.3 Å². The van der Waals surface area contributed by atoms with Crippen LogP contribution in [-0.4, -0.2) is 17.4 Å². The van der Waals surface area contributed by atoms with Gasteiger partial charge in [-0.3, -0.25) is 4.79 Å². The van der Waals surface area contributed by atoms with E-state index >= 15 is 0 Å². The first-order chi connectivity index (χ1) is 9.76. The predicted molar refractivity (Wildman–Crippen MR) is 81.0 cm³/mol. The van der Waals surface area contributed by atoms with Gasteiger partial charge in [-0.05, 0) is 30.7 Å². The highest BCUT2D eigenvalue weighted by atomic mass is 32.1. The number of carbonyl (C=O) groups excluding carboxylic acids is 1. The molecular weight excluding hydrogens is 270 g/mol. The lowest BCUT2D eigenvalue weighted by atomic mass is 9.85. The van der Waals surface area contributed by atoms with Crippen LogP contribution < -0.4 is 11.1 Å². The SMILES string of the molecule is NCC(=O)Nc1nc2c(s1)CC(c1ccccc1)CC2. The van der Waals surface area contributed by atoms with Gasteiger partial charge in [0.2, 0.25) is 5.91 Å². The number of aromatic nitrogens is 1. The van der Waals surface area contributed by atoms with Crippen molar-refractivity contribution in [3.05, 3.63) is 46.5 Å². The van der Waals surface area contributed by atoms with Gasteiger partial charge in [0.25, 0.3) is 0 Å². The number of benzene rings is 1. The van der Waals surface area contributed by atoms with Crippen molar-refractivity contribution in [3.8, 4) is 0 Å². The highest BCUT2D eigenvalue weighted by Gasteiger charge is 2.23. The van der Waals surface area contributed by atoms with Gasteiger partial charge in [0.05, 0.1) is 12.2 Å². The standard InChI is InChI=1S/C15H17N3OS/c16-9-14(19)18-15-17-12-7-6-11(8-13(12)20-15)10-4-2-1-3-5-10/h1-5,11H,6-9,16H2,(H,17,18,19). The number of fused-ring (bicyclic) bond motifs is 1. The third-order valence-corrected chi connectivity index (χ3v) is 4.68. The summed E-state index contributed by atoms with van der Waals surface area (Å²) in [6.45, 7) is -0.00309. The molecule has 0 bridgehead atoms. The zero-order chi connectivity index (χ0) is 13.9. The highest BCUT2D eigenvalue weighted by Crippen LogP contribution is 2.36. The Kier molecular flexibility index (Phi) is 3.80. The van der Waals surface area contributed by atoms with Crippen molar-refractivity contribution in [2.75, 3.05) is 11.9 Å². The Balaban J connectivity index is 1.76. The first-order valence-electron chi connectivity index (χ1n) is 6.79. The van der Waals surface area contributed by atoms with Gasteiger partial charge >= 0.3 is 0 Å². The van der Waals surface area contributed by atoms with Crippen LogP contribution >= 0.6 is 11.3 Å². The van der Waals surface area contributed by atoms with E-state index in [-0.39, 0.29) is 12.5 Å². The largest absolute Gasteiger partial charge is 0.322 e. The van der Waals surface area contributed by atoms with Crippen LogP contribution in [0.4, 0.5) is 5.13 Å². The number of nitrogens with one attached hydrogen (secondary N) is 1. The minimum Gasteiger partial charge on any atom is -0.322 e. The third kappa shape index (κ3) is 2.73. The third-order valence-electron chi connectivity index (χ3n) is 3.64. The molecule has 0 radical (unpaired) electrons. The Bertz CT molecular complexity index is 609. The van der Waals surface area contributed by atoms with Gasteiger partial charge < -0.3 is 11.1 Å². The number of nitrogens with two attached hydrogens (primary N) is 1. The summed E-state index contributed by atoms with van der Waals surface area (Å²) in [6.07, 6.45) is 3.10. The quantitative estimate of drug-likeness (QED) is 0.910. The molecule has 3 rings (SSSR count). The summed E-state index contributed by atoms with van der Waals surface area (Å²) in [5, 5.41) is 3.43. The summed E-state index contributed by atoms with van der Waals surface area (Å²) in [6, 6.07) is 10.6. The molecule has 104 valence electrons. The summed E-state index contributed by atoms with van der Waals surface area (Å²) in [4.78, 5) is 17.1. The summed E-state index contributed by atoms with van der Waals surface area (Å²) in [5.74, 6) is 0.373. The maximum absolute atomic E-state index is 11.3. The molecule has 0 fully saturated rings. The molecule has 0 saturated carbocycles. The fourth-order valence-corrected chi connectivity index (χ4v) is 3.71. The molecule has 20 heavy (non-hydrogen) atoms. The zero-order valence-corrected chi connectivity index (χ0v) is 12.0. The highest BCUT2D eigenvalue weighted by molar-refractivity contribution is 7.15. The number of rotatable bonds is 3. The zero-order valence-electron chi connectivity index (χ0n) is 11.1. The Morgan fingerprint density at radius 2 is 2.20 bits per heavy atom. The first-order valence-corrected chi connectivity index (χ1v) is 7.61. The lowest BCUT2D eigenvalue weighted by molar-refractivity contribution is -0.114. The monoisotopic (exact) mass is 287 g/mol. The number of anilines is 1. The van der Waals surface area contributed by atoms with E-state index < -0.39 is 0 Å². The van der Waals surface area contributed by atoms with Crippen LogP contribution in [0.2, 0.25) is 0 Å². The number of carbonyl (C=O) groups is 1. The number of thiazole rings is 1. The van der Waals surface area contributed by atoms with Crippen molar-refractivity contribution in [1.29, 1.82) is 0 Å². The number of hydrogen-bond acceptors (Lipinski definition) is 4. The van der Waals surface area contributed by atoms with Crippen LogP contribution in [0.25, 0.3) is 0 Å². The number of hydrogen-bond donors (Lipinski definition) is 2. The van der Waals surface area contributed by atoms with Gasteiger partial charge in [0, 0.05) is 4.88 Å². The van der Waals surface area contributed by atoms with E-state index in [4.69, 9.17) is 5.73 Å². The Hall–Kier alpha value is -1.72. The normalized spacial score (nSPS) is 17.6. The molecule has 4 nitrogen and oxygen atoms in total. The van der Waals surface area contributed by atoms with E-state index in [1.54, 1.807) is 11.3 Å². The van der Waals surface area contributed by atoms with Gasteiger partial charge in [-0.1, -0.05) is 30.3 Å². The van der Waals surface area contributed by atoms with E-state index in [9.17, 15) is 4.79 Å².